The fourth-order valence-corrected chi connectivity index (χ4v) is 2.94. The van der Waals surface area contributed by atoms with Crippen LogP contribution >= 0.6 is 0 Å². The molecule has 16 heteroatoms. The van der Waals surface area contributed by atoms with Crippen LogP contribution in [-0.4, -0.2) is 85.7 Å². The second kappa shape index (κ2) is 21.6. The Bertz CT molecular complexity index is 1100. The van der Waals surface area contributed by atoms with E-state index >= 15 is 0 Å². The van der Waals surface area contributed by atoms with E-state index in [1.165, 1.54) is 0 Å². The zero-order valence-corrected chi connectivity index (χ0v) is 18.8. The predicted octanol–water partition coefficient (Wildman–Crippen LogP) is -5.24. The van der Waals surface area contributed by atoms with Crippen LogP contribution in [0.25, 0.3) is 46.4 Å². The van der Waals surface area contributed by atoms with Crippen molar-refractivity contribution in [2.24, 2.45) is 0 Å². The number of hydrogen-bond donors (Lipinski definition) is 2. The standard InChI is InChI=1S/C20H14N4.12H2O/c1-2-14-10-16-5-6-18(23-16)12-20-8-7-19(24-20)11-17-4-3-15(22-17)9-13(1)21-14;;;;;;;;;;;;/h1-12,21-22H;12*1H2. The number of rotatable bonds is 0. The van der Waals surface area contributed by atoms with Crippen molar-refractivity contribution in [1.29, 1.82) is 0 Å². The highest BCUT2D eigenvalue weighted by atomic mass is 16.0. The maximum atomic E-state index is 4.62. The minimum Gasteiger partial charge on any atom is -0.412 e. The zero-order chi connectivity index (χ0) is 15.9. The molecule has 0 aliphatic carbocycles. The van der Waals surface area contributed by atoms with E-state index in [1.807, 2.05) is 42.5 Å². The summed E-state index contributed by atoms with van der Waals surface area (Å²) in [6.07, 6.45) is 8.05. The molecule has 5 rings (SSSR count). The lowest BCUT2D eigenvalue weighted by Crippen LogP contribution is -1.77. The van der Waals surface area contributed by atoms with Crippen LogP contribution < -0.4 is 0 Å². The minimum atomic E-state index is 0. The summed E-state index contributed by atoms with van der Waals surface area (Å²) in [5.74, 6) is 0. The summed E-state index contributed by atoms with van der Waals surface area (Å²) in [6.45, 7) is 0. The van der Waals surface area contributed by atoms with E-state index in [2.05, 4.69) is 50.3 Å². The van der Waals surface area contributed by atoms with E-state index in [4.69, 9.17) is 0 Å². The first-order chi connectivity index (χ1) is 11.8. The molecule has 26 N–H and O–H groups in total. The van der Waals surface area contributed by atoms with Crippen LogP contribution in [0.3, 0.4) is 0 Å². The molecule has 36 heavy (non-hydrogen) atoms. The topological polar surface area (TPSA) is 435 Å². The van der Waals surface area contributed by atoms with Crippen molar-refractivity contribution in [3.05, 3.63) is 71.3 Å². The second-order valence-electron chi connectivity index (χ2n) is 5.91. The summed E-state index contributed by atoms with van der Waals surface area (Å²) in [6, 6.07) is 16.4. The molecule has 0 saturated heterocycles. The molecule has 2 aliphatic heterocycles. The van der Waals surface area contributed by atoms with Crippen LogP contribution in [0.1, 0.15) is 22.8 Å². The van der Waals surface area contributed by atoms with Gasteiger partial charge < -0.3 is 75.7 Å². The summed E-state index contributed by atoms with van der Waals surface area (Å²) in [5.41, 5.74) is 7.86. The van der Waals surface area contributed by atoms with Gasteiger partial charge in [0.15, 0.2) is 0 Å². The Morgan fingerprint density at radius 2 is 0.583 bits per heavy atom. The van der Waals surface area contributed by atoms with E-state index in [0.29, 0.717) is 0 Å². The number of aromatic amines is 2. The van der Waals surface area contributed by atoms with E-state index in [9.17, 15) is 0 Å². The van der Waals surface area contributed by atoms with Gasteiger partial charge in [0.25, 0.3) is 0 Å². The Labute approximate surface area is 204 Å². The van der Waals surface area contributed by atoms with Crippen LogP contribution in [0.2, 0.25) is 0 Å². The molecule has 210 valence electrons. The molecule has 3 aromatic rings. The average Bonchev–Trinajstić information content (AvgIpc) is 3.32. The molecule has 0 fully saturated rings. The fourth-order valence-electron chi connectivity index (χ4n) is 2.94. The highest BCUT2D eigenvalue weighted by Crippen LogP contribution is 2.17. The van der Waals surface area contributed by atoms with Gasteiger partial charge in [-0.1, -0.05) is 0 Å². The number of hydrogen-bond acceptors (Lipinski definition) is 2. The van der Waals surface area contributed by atoms with Crippen LogP contribution in [0.15, 0.2) is 48.5 Å². The molecule has 5 heterocycles. The molecule has 0 unspecified atom stereocenters. The van der Waals surface area contributed by atoms with Gasteiger partial charge >= 0.3 is 0 Å². The molecule has 0 saturated carbocycles. The Balaban J connectivity index is -0.000000109. The largest absolute Gasteiger partial charge is 0.412 e. The molecule has 0 aromatic carbocycles. The van der Waals surface area contributed by atoms with Gasteiger partial charge in [-0.3, -0.25) is 0 Å². The first-order valence-electron chi connectivity index (χ1n) is 7.85. The third kappa shape index (κ3) is 11.0. The Morgan fingerprint density at radius 1 is 0.333 bits per heavy atom. The van der Waals surface area contributed by atoms with Gasteiger partial charge in [-0.25, -0.2) is 9.97 Å². The molecule has 2 aliphatic rings. The summed E-state index contributed by atoms with van der Waals surface area (Å²) >= 11 is 0. The van der Waals surface area contributed by atoms with E-state index < -0.39 is 0 Å². The van der Waals surface area contributed by atoms with Gasteiger partial charge in [0, 0.05) is 22.1 Å². The number of fused-ring (bicyclic) bond motifs is 8. The number of aromatic nitrogens is 4. The Hall–Kier alpha value is -3.88. The number of nitrogens with zero attached hydrogens (tertiary/aromatic N) is 2. The van der Waals surface area contributed by atoms with Gasteiger partial charge in [0.2, 0.25) is 0 Å². The summed E-state index contributed by atoms with van der Waals surface area (Å²) in [4.78, 5) is 16.0. The summed E-state index contributed by atoms with van der Waals surface area (Å²) in [5, 5.41) is 0. The Kier molecular flexibility index (Phi) is 32.1. The monoisotopic (exact) mass is 526 g/mol. The molecular weight excluding hydrogens is 488 g/mol. The first-order valence-corrected chi connectivity index (χ1v) is 7.85. The average molecular weight is 527 g/mol. The highest BCUT2D eigenvalue weighted by Gasteiger charge is 2.02. The van der Waals surface area contributed by atoms with Crippen LogP contribution in [0.4, 0.5) is 0 Å². The maximum absolute atomic E-state index is 4.62. The van der Waals surface area contributed by atoms with E-state index in [0.717, 1.165) is 44.8 Å². The molecule has 0 amide bonds. The van der Waals surface area contributed by atoms with Crippen LogP contribution in [0, 0.1) is 0 Å². The molecule has 0 spiro atoms. The molecule has 0 radical (unpaired) electrons. The third-order valence-corrected chi connectivity index (χ3v) is 4.04. The third-order valence-electron chi connectivity index (χ3n) is 4.04. The predicted molar refractivity (Wildman–Crippen MR) is 142 cm³/mol. The van der Waals surface area contributed by atoms with Crippen molar-refractivity contribution in [1.82, 2.24) is 19.9 Å². The molecular formula is C20H38N4O12. The van der Waals surface area contributed by atoms with Gasteiger partial charge in [0.05, 0.1) is 22.8 Å². The number of nitrogens with one attached hydrogen (secondary N) is 2. The summed E-state index contributed by atoms with van der Waals surface area (Å²) in [7, 11) is 0. The maximum Gasteiger partial charge on any atom is 0.0659 e. The van der Waals surface area contributed by atoms with Gasteiger partial charge in [-0.2, -0.15) is 0 Å². The van der Waals surface area contributed by atoms with Crippen molar-refractivity contribution in [2.45, 2.75) is 0 Å². The Morgan fingerprint density at radius 3 is 0.889 bits per heavy atom. The van der Waals surface area contributed by atoms with Crippen LogP contribution in [0.5, 0.6) is 0 Å². The molecule has 8 bridgehead atoms. The van der Waals surface area contributed by atoms with Gasteiger partial charge in [0.1, 0.15) is 0 Å². The normalized spacial score (nSPS) is 8.44. The molecule has 3 aromatic heterocycles. The lowest BCUT2D eigenvalue weighted by Gasteiger charge is -1.86. The number of H-pyrrole nitrogens is 2. The van der Waals surface area contributed by atoms with Crippen molar-refractivity contribution in [3.63, 3.8) is 0 Å². The summed E-state index contributed by atoms with van der Waals surface area (Å²) < 4.78 is 0. The molecule has 0 atom stereocenters. The van der Waals surface area contributed by atoms with E-state index in [-0.39, 0.29) is 65.7 Å². The van der Waals surface area contributed by atoms with E-state index in [1.54, 1.807) is 0 Å². The molecule has 16 nitrogen and oxygen atoms in total. The highest BCUT2D eigenvalue weighted by molar-refractivity contribution is 5.77. The SMILES string of the molecule is C1=Cc2cc3ccc(cc4ccc(cc5nc(cc1n2)C=C5)[nH]4)[nH]3.O.O.O.O.O.O.O.O.O.O.O.O. The zero-order valence-electron chi connectivity index (χ0n) is 18.8. The van der Waals surface area contributed by atoms with Crippen LogP contribution in [-0.2, 0) is 0 Å². The lowest BCUT2D eigenvalue weighted by atomic mass is 10.3. The van der Waals surface area contributed by atoms with Gasteiger partial charge in [-0.15, -0.1) is 0 Å². The lowest BCUT2D eigenvalue weighted by molar-refractivity contribution is 0.823. The van der Waals surface area contributed by atoms with Gasteiger partial charge in [-0.05, 0) is 72.8 Å². The van der Waals surface area contributed by atoms with Crippen molar-refractivity contribution in [3.8, 4) is 0 Å². The van der Waals surface area contributed by atoms with Crippen molar-refractivity contribution >= 4 is 46.4 Å². The second-order valence-corrected chi connectivity index (χ2v) is 5.91. The fraction of sp³-hybridized carbons (Fsp3) is 0. The smallest absolute Gasteiger partial charge is 0.0659 e. The minimum absolute atomic E-state index is 0. The van der Waals surface area contributed by atoms with Crippen molar-refractivity contribution in [2.75, 3.05) is 0 Å². The first kappa shape index (κ1) is 53.5. The quantitative estimate of drug-likeness (QED) is 0.199. The van der Waals surface area contributed by atoms with Crippen molar-refractivity contribution < 1.29 is 65.7 Å².